The van der Waals surface area contributed by atoms with Crippen LogP contribution in [0.15, 0.2) is 59.6 Å². The number of ether oxygens (including phenoxy) is 2. The number of hydrogen-bond donors (Lipinski definition) is 1. The highest BCUT2D eigenvalue weighted by molar-refractivity contribution is 7.92. The van der Waals surface area contributed by atoms with E-state index in [2.05, 4.69) is 25.0 Å². The Morgan fingerprint density at radius 3 is 2.65 bits per heavy atom. The summed E-state index contributed by atoms with van der Waals surface area (Å²) in [5, 5.41) is 3.07. The molecule has 0 spiro atoms. The second-order valence-electron chi connectivity index (χ2n) is 8.53. The topological polar surface area (TPSA) is 120 Å². The molecule has 0 unspecified atom stereocenters. The highest BCUT2D eigenvalue weighted by Gasteiger charge is 2.36. The van der Waals surface area contributed by atoms with E-state index in [9.17, 15) is 35.2 Å². The number of alkyl halides is 4. The summed E-state index contributed by atoms with van der Waals surface area (Å²) >= 11 is 0. The first kappa shape index (κ1) is 27.2. The maximum absolute atomic E-state index is 14.6. The van der Waals surface area contributed by atoms with Crippen LogP contribution in [0.5, 0.6) is 11.6 Å². The van der Waals surface area contributed by atoms with Crippen molar-refractivity contribution in [3.05, 3.63) is 71.8 Å². The van der Waals surface area contributed by atoms with Crippen molar-refractivity contribution >= 4 is 26.6 Å². The van der Waals surface area contributed by atoms with E-state index in [1.807, 2.05) is 0 Å². The molecule has 3 aromatic heterocycles. The summed E-state index contributed by atoms with van der Waals surface area (Å²) in [5.41, 5.74) is -1.62. The third-order valence-electron chi connectivity index (χ3n) is 5.77. The maximum atomic E-state index is 14.6. The summed E-state index contributed by atoms with van der Waals surface area (Å²) in [7, 11) is -4.57. The fourth-order valence-corrected chi connectivity index (χ4v) is 5.29. The van der Waals surface area contributed by atoms with Gasteiger partial charge in [-0.1, -0.05) is 6.07 Å². The quantitative estimate of drug-likeness (QED) is 0.343. The molecular weight excluding hydrogens is 563 g/mol. The zero-order valence-corrected chi connectivity index (χ0v) is 20.9. The molecule has 0 bridgehead atoms. The molecule has 15 heteroatoms. The average molecular weight is 580 g/mol. The van der Waals surface area contributed by atoms with E-state index in [1.54, 1.807) is 6.07 Å². The molecule has 5 rings (SSSR count). The van der Waals surface area contributed by atoms with Crippen molar-refractivity contribution < 1.29 is 44.6 Å². The Morgan fingerprint density at radius 1 is 1.10 bits per heavy atom. The van der Waals surface area contributed by atoms with E-state index in [-0.39, 0.29) is 30.1 Å². The van der Waals surface area contributed by atoms with Gasteiger partial charge in [0, 0.05) is 29.6 Å². The molecule has 1 aliphatic rings. The summed E-state index contributed by atoms with van der Waals surface area (Å²) in [6, 6.07) is 10.2. The van der Waals surface area contributed by atoms with Gasteiger partial charge in [-0.2, -0.15) is 0 Å². The Bertz CT molecular complexity index is 1730. The van der Waals surface area contributed by atoms with Gasteiger partial charge in [-0.3, -0.25) is 9.78 Å². The number of carbonyl (C=O) groups is 1. The van der Waals surface area contributed by atoms with Gasteiger partial charge < -0.3 is 14.8 Å². The first-order chi connectivity index (χ1) is 18.9. The minimum atomic E-state index is -4.91. The Balaban J connectivity index is 1.36. The fourth-order valence-electron chi connectivity index (χ4n) is 3.90. The second-order valence-corrected chi connectivity index (χ2v) is 10.6. The molecule has 1 aromatic carbocycles. The average Bonchev–Trinajstić information content (AvgIpc) is 3.01. The van der Waals surface area contributed by atoms with Crippen LogP contribution in [0.2, 0.25) is 0 Å². The van der Waals surface area contributed by atoms with E-state index in [4.69, 9.17) is 4.74 Å². The Labute approximate surface area is 222 Å². The smallest absolute Gasteiger partial charge is 0.489 e. The molecule has 40 heavy (non-hydrogen) atoms. The standard InChI is InChI=1S/C25H17F5N4O5S/c26-16-8-14(9-20-23(16)38-7-6-21(27)40(20,36)37)24(35)32-12-15-10-19-13(11-31-15)4-5-18(33-19)17-2-1-3-22(34-17)39-25(28,29)30/h1-5,8-11,21H,6-7,12H2,(H,32,35)/t21-/m1/s1. The lowest BCUT2D eigenvalue weighted by molar-refractivity contribution is -0.276. The molecule has 1 amide bonds. The van der Waals surface area contributed by atoms with Gasteiger partial charge in [0.25, 0.3) is 5.91 Å². The number of fused-ring (bicyclic) bond motifs is 2. The van der Waals surface area contributed by atoms with Gasteiger partial charge in [0.2, 0.25) is 21.2 Å². The fraction of sp³-hybridized carbons (Fsp3) is 0.200. The number of halogens is 5. The van der Waals surface area contributed by atoms with Crippen molar-refractivity contribution in [2.75, 3.05) is 6.61 Å². The highest BCUT2D eigenvalue weighted by atomic mass is 32.2. The molecule has 9 nitrogen and oxygen atoms in total. The van der Waals surface area contributed by atoms with Gasteiger partial charge in [0.05, 0.1) is 35.8 Å². The van der Waals surface area contributed by atoms with Crippen LogP contribution in [-0.4, -0.2) is 47.7 Å². The van der Waals surface area contributed by atoms with Gasteiger partial charge in [0.1, 0.15) is 4.90 Å². The third kappa shape index (κ3) is 5.64. The minimum absolute atomic E-state index is 0.120. The lowest BCUT2D eigenvalue weighted by Gasteiger charge is -2.12. The molecular formula is C25H17F5N4O5S. The molecule has 0 saturated carbocycles. The summed E-state index contributed by atoms with van der Waals surface area (Å²) in [4.78, 5) is 24.4. The molecule has 0 radical (unpaired) electrons. The number of sulfone groups is 1. The normalized spacial score (nSPS) is 16.5. The molecule has 208 valence electrons. The molecule has 1 aliphatic heterocycles. The number of hydrogen-bond acceptors (Lipinski definition) is 8. The van der Waals surface area contributed by atoms with E-state index in [0.29, 0.717) is 16.6 Å². The number of pyridine rings is 3. The van der Waals surface area contributed by atoms with Gasteiger partial charge >= 0.3 is 6.36 Å². The summed E-state index contributed by atoms with van der Waals surface area (Å²) < 4.78 is 100. The molecule has 4 aromatic rings. The lowest BCUT2D eigenvalue weighted by atomic mass is 10.1. The van der Waals surface area contributed by atoms with Crippen LogP contribution < -0.4 is 14.8 Å². The van der Waals surface area contributed by atoms with Crippen molar-refractivity contribution in [3.63, 3.8) is 0 Å². The van der Waals surface area contributed by atoms with Crippen molar-refractivity contribution in [2.45, 2.75) is 29.7 Å². The second kappa shape index (κ2) is 10.3. The van der Waals surface area contributed by atoms with Crippen LogP contribution >= 0.6 is 0 Å². The highest BCUT2D eigenvalue weighted by Crippen LogP contribution is 2.35. The zero-order chi connectivity index (χ0) is 28.7. The van der Waals surface area contributed by atoms with Crippen LogP contribution in [0.4, 0.5) is 22.0 Å². The van der Waals surface area contributed by atoms with Crippen LogP contribution in [0, 0.1) is 5.82 Å². The monoisotopic (exact) mass is 580 g/mol. The van der Waals surface area contributed by atoms with Crippen molar-refractivity contribution in [1.82, 2.24) is 20.3 Å². The molecule has 0 aliphatic carbocycles. The van der Waals surface area contributed by atoms with Crippen molar-refractivity contribution in [3.8, 4) is 23.0 Å². The van der Waals surface area contributed by atoms with Crippen LogP contribution in [0.1, 0.15) is 22.5 Å². The summed E-state index contributed by atoms with van der Waals surface area (Å²) in [5.74, 6) is -3.27. The Morgan fingerprint density at radius 2 is 1.88 bits per heavy atom. The predicted molar refractivity (Wildman–Crippen MR) is 129 cm³/mol. The van der Waals surface area contributed by atoms with Crippen LogP contribution in [0.3, 0.4) is 0 Å². The third-order valence-corrected chi connectivity index (χ3v) is 7.60. The number of amides is 1. The van der Waals surface area contributed by atoms with Gasteiger partial charge in [-0.15, -0.1) is 13.2 Å². The van der Waals surface area contributed by atoms with Crippen LogP contribution in [-0.2, 0) is 16.4 Å². The molecule has 4 heterocycles. The number of rotatable bonds is 5. The SMILES string of the molecule is O=C(NCc1cc2nc(-c3cccc(OC(F)(F)F)n3)ccc2cn1)c1cc(F)c2c(c1)S(=O)(=O)[C@@H](F)CCO2. The Kier molecular flexibility index (Phi) is 6.99. The first-order valence-corrected chi connectivity index (χ1v) is 13.1. The number of benzene rings is 1. The van der Waals surface area contributed by atoms with Crippen LogP contribution in [0.25, 0.3) is 22.3 Å². The number of nitrogens with one attached hydrogen (secondary N) is 1. The molecule has 1 N–H and O–H groups in total. The molecule has 1 atom stereocenters. The Hall–Kier alpha value is -4.40. The van der Waals surface area contributed by atoms with E-state index < -0.39 is 56.4 Å². The van der Waals surface area contributed by atoms with Gasteiger partial charge in [0.15, 0.2) is 11.6 Å². The summed E-state index contributed by atoms with van der Waals surface area (Å²) in [6.07, 6.45) is -3.93. The van der Waals surface area contributed by atoms with E-state index in [0.717, 1.165) is 18.2 Å². The molecule has 0 fully saturated rings. The van der Waals surface area contributed by atoms with E-state index in [1.165, 1.54) is 30.5 Å². The van der Waals surface area contributed by atoms with Gasteiger partial charge in [-0.05, 0) is 36.4 Å². The maximum Gasteiger partial charge on any atom is 0.574 e. The largest absolute Gasteiger partial charge is 0.574 e. The summed E-state index contributed by atoms with van der Waals surface area (Å²) in [6.45, 7) is -0.524. The zero-order valence-electron chi connectivity index (χ0n) is 20.1. The van der Waals surface area contributed by atoms with Gasteiger partial charge in [-0.25, -0.2) is 27.2 Å². The predicted octanol–water partition coefficient (Wildman–Crippen LogP) is 4.51. The van der Waals surface area contributed by atoms with Crippen molar-refractivity contribution in [2.24, 2.45) is 0 Å². The number of carbonyl (C=O) groups excluding carboxylic acids is 1. The van der Waals surface area contributed by atoms with Crippen molar-refractivity contribution in [1.29, 1.82) is 0 Å². The number of aromatic nitrogens is 3. The minimum Gasteiger partial charge on any atom is -0.489 e. The first-order valence-electron chi connectivity index (χ1n) is 11.5. The number of nitrogens with zero attached hydrogens (tertiary/aromatic N) is 3. The lowest BCUT2D eigenvalue weighted by Crippen LogP contribution is -2.24. The van der Waals surface area contributed by atoms with E-state index >= 15 is 0 Å². The molecule has 0 saturated heterocycles.